The highest BCUT2D eigenvalue weighted by Crippen LogP contribution is 2.17. The zero-order valence-electron chi connectivity index (χ0n) is 9.10. The van der Waals surface area contributed by atoms with Crippen LogP contribution in [0.15, 0.2) is 30.5 Å². The molecule has 0 aliphatic carbocycles. The van der Waals surface area contributed by atoms with E-state index in [0.29, 0.717) is 0 Å². The van der Waals surface area contributed by atoms with Crippen molar-refractivity contribution in [3.05, 3.63) is 40.3 Å². The van der Waals surface area contributed by atoms with Crippen molar-refractivity contribution in [2.24, 2.45) is 0 Å². The SMILES string of the molecule is CCc1ncc(CNc2ccc(O)cc2)s1. The Labute approximate surface area is 98.8 Å². The number of hydrogen-bond donors (Lipinski definition) is 2. The Bertz CT molecular complexity index is 450. The largest absolute Gasteiger partial charge is 0.508 e. The van der Waals surface area contributed by atoms with E-state index in [1.165, 1.54) is 9.88 Å². The maximum atomic E-state index is 9.14. The second-order valence-corrected chi connectivity index (χ2v) is 4.67. The molecule has 0 saturated carbocycles. The van der Waals surface area contributed by atoms with Crippen LogP contribution in [0.4, 0.5) is 5.69 Å². The van der Waals surface area contributed by atoms with Crippen molar-refractivity contribution in [1.29, 1.82) is 0 Å². The van der Waals surface area contributed by atoms with Gasteiger partial charge in [0.05, 0.1) is 11.6 Å². The first-order chi connectivity index (χ1) is 7.78. The summed E-state index contributed by atoms with van der Waals surface area (Å²) in [6.45, 7) is 2.89. The predicted molar refractivity (Wildman–Crippen MR) is 66.9 cm³/mol. The lowest BCUT2D eigenvalue weighted by molar-refractivity contribution is 0.475. The number of anilines is 1. The predicted octanol–water partition coefficient (Wildman–Crippen LogP) is 3.02. The summed E-state index contributed by atoms with van der Waals surface area (Å²) in [6.07, 6.45) is 2.90. The number of phenols is 1. The van der Waals surface area contributed by atoms with E-state index in [9.17, 15) is 0 Å². The first kappa shape index (κ1) is 11.0. The number of hydrogen-bond acceptors (Lipinski definition) is 4. The zero-order chi connectivity index (χ0) is 11.4. The van der Waals surface area contributed by atoms with Crippen molar-refractivity contribution in [3.63, 3.8) is 0 Å². The lowest BCUT2D eigenvalue weighted by Gasteiger charge is -2.03. The van der Waals surface area contributed by atoms with Crippen molar-refractivity contribution in [3.8, 4) is 5.75 Å². The number of phenolic OH excluding ortho intramolecular Hbond substituents is 1. The molecule has 0 amide bonds. The molecule has 0 saturated heterocycles. The van der Waals surface area contributed by atoms with E-state index in [1.54, 1.807) is 23.5 Å². The lowest BCUT2D eigenvalue weighted by Crippen LogP contribution is -1.96. The number of nitrogens with zero attached hydrogens (tertiary/aromatic N) is 1. The quantitative estimate of drug-likeness (QED) is 0.799. The van der Waals surface area contributed by atoms with Gasteiger partial charge in [-0.2, -0.15) is 0 Å². The summed E-state index contributed by atoms with van der Waals surface area (Å²) in [6, 6.07) is 7.06. The van der Waals surface area contributed by atoms with Crippen LogP contribution in [0.2, 0.25) is 0 Å². The minimum absolute atomic E-state index is 0.289. The van der Waals surface area contributed by atoms with Crippen LogP contribution in [0.3, 0.4) is 0 Å². The molecule has 84 valence electrons. The molecule has 0 atom stereocenters. The molecule has 1 aromatic heterocycles. The van der Waals surface area contributed by atoms with Gasteiger partial charge in [-0.25, -0.2) is 4.98 Å². The molecule has 16 heavy (non-hydrogen) atoms. The molecule has 2 aromatic rings. The van der Waals surface area contributed by atoms with Gasteiger partial charge in [0.1, 0.15) is 5.75 Å². The third kappa shape index (κ3) is 2.73. The number of aromatic nitrogens is 1. The Kier molecular flexibility index (Phi) is 3.41. The summed E-state index contributed by atoms with van der Waals surface area (Å²) in [5, 5.41) is 13.6. The van der Waals surface area contributed by atoms with Crippen molar-refractivity contribution < 1.29 is 5.11 Å². The minimum atomic E-state index is 0.289. The molecular formula is C12H14N2OS. The molecule has 0 aliphatic rings. The van der Waals surface area contributed by atoms with E-state index in [4.69, 9.17) is 5.11 Å². The second-order valence-electron chi connectivity index (χ2n) is 3.47. The van der Waals surface area contributed by atoms with Crippen molar-refractivity contribution in [2.75, 3.05) is 5.32 Å². The molecule has 0 aliphatic heterocycles. The van der Waals surface area contributed by atoms with Gasteiger partial charge >= 0.3 is 0 Å². The summed E-state index contributed by atoms with van der Waals surface area (Å²) in [7, 11) is 0. The maximum absolute atomic E-state index is 9.14. The molecule has 3 nitrogen and oxygen atoms in total. The molecule has 1 heterocycles. The molecular weight excluding hydrogens is 220 g/mol. The fourth-order valence-corrected chi connectivity index (χ4v) is 2.16. The number of benzene rings is 1. The average molecular weight is 234 g/mol. The van der Waals surface area contributed by atoms with Crippen molar-refractivity contribution in [2.45, 2.75) is 19.9 Å². The number of rotatable bonds is 4. The third-order valence-electron chi connectivity index (χ3n) is 2.24. The molecule has 0 fully saturated rings. The van der Waals surface area contributed by atoms with E-state index >= 15 is 0 Å². The average Bonchev–Trinajstić information content (AvgIpc) is 2.76. The Morgan fingerprint density at radius 2 is 2.06 bits per heavy atom. The van der Waals surface area contributed by atoms with E-state index in [-0.39, 0.29) is 5.75 Å². The van der Waals surface area contributed by atoms with Crippen LogP contribution in [0.25, 0.3) is 0 Å². The van der Waals surface area contributed by atoms with Crippen LogP contribution in [-0.4, -0.2) is 10.1 Å². The van der Waals surface area contributed by atoms with E-state index in [1.807, 2.05) is 18.3 Å². The summed E-state index contributed by atoms with van der Waals surface area (Å²) in [5.41, 5.74) is 1.00. The molecule has 1 aromatic carbocycles. The number of aryl methyl sites for hydroxylation is 1. The van der Waals surface area contributed by atoms with Gasteiger partial charge in [0.15, 0.2) is 0 Å². The molecule has 2 rings (SSSR count). The van der Waals surface area contributed by atoms with Gasteiger partial charge in [-0.1, -0.05) is 6.92 Å². The van der Waals surface area contributed by atoms with Crippen LogP contribution in [0.5, 0.6) is 5.75 Å². The Morgan fingerprint density at radius 3 is 2.69 bits per heavy atom. The molecule has 0 spiro atoms. The fourth-order valence-electron chi connectivity index (χ4n) is 1.36. The molecule has 0 unspecified atom stereocenters. The van der Waals surface area contributed by atoms with Gasteiger partial charge in [-0.15, -0.1) is 11.3 Å². The number of thiazole rings is 1. The molecule has 0 bridgehead atoms. The van der Waals surface area contributed by atoms with Crippen molar-refractivity contribution >= 4 is 17.0 Å². The van der Waals surface area contributed by atoms with Gasteiger partial charge in [0, 0.05) is 16.8 Å². The van der Waals surface area contributed by atoms with Gasteiger partial charge in [0.25, 0.3) is 0 Å². The zero-order valence-corrected chi connectivity index (χ0v) is 9.92. The minimum Gasteiger partial charge on any atom is -0.508 e. The van der Waals surface area contributed by atoms with Crippen molar-refractivity contribution in [1.82, 2.24) is 4.98 Å². The maximum Gasteiger partial charge on any atom is 0.115 e. The van der Waals surface area contributed by atoms with E-state index in [0.717, 1.165) is 18.7 Å². The first-order valence-corrected chi connectivity index (χ1v) is 6.06. The first-order valence-electron chi connectivity index (χ1n) is 5.24. The summed E-state index contributed by atoms with van der Waals surface area (Å²) in [4.78, 5) is 5.53. The monoisotopic (exact) mass is 234 g/mol. The van der Waals surface area contributed by atoms with Crippen LogP contribution in [0.1, 0.15) is 16.8 Å². The smallest absolute Gasteiger partial charge is 0.115 e. The van der Waals surface area contributed by atoms with Crippen LogP contribution in [-0.2, 0) is 13.0 Å². The van der Waals surface area contributed by atoms with Crippen LogP contribution in [0, 0.1) is 0 Å². The molecule has 4 heteroatoms. The third-order valence-corrected chi connectivity index (χ3v) is 3.38. The highest BCUT2D eigenvalue weighted by Gasteiger charge is 1.99. The van der Waals surface area contributed by atoms with Gasteiger partial charge in [-0.05, 0) is 30.7 Å². The van der Waals surface area contributed by atoms with E-state index in [2.05, 4.69) is 17.2 Å². The number of nitrogens with one attached hydrogen (secondary N) is 1. The van der Waals surface area contributed by atoms with Crippen LogP contribution < -0.4 is 5.32 Å². The van der Waals surface area contributed by atoms with Crippen LogP contribution >= 0.6 is 11.3 Å². The summed E-state index contributed by atoms with van der Waals surface area (Å²) in [5.74, 6) is 0.289. The Balaban J connectivity index is 1.94. The second kappa shape index (κ2) is 4.99. The number of aromatic hydroxyl groups is 1. The Hall–Kier alpha value is -1.55. The molecule has 2 N–H and O–H groups in total. The lowest BCUT2D eigenvalue weighted by atomic mass is 10.3. The summed E-state index contributed by atoms with van der Waals surface area (Å²) >= 11 is 1.73. The standard InChI is InChI=1S/C12H14N2OS/c1-2-12-14-8-11(16-12)7-13-9-3-5-10(15)6-4-9/h3-6,8,13,15H,2,7H2,1H3. The summed E-state index contributed by atoms with van der Waals surface area (Å²) < 4.78 is 0. The highest BCUT2D eigenvalue weighted by molar-refractivity contribution is 7.11. The topological polar surface area (TPSA) is 45.2 Å². The van der Waals surface area contributed by atoms with Gasteiger partial charge in [-0.3, -0.25) is 0 Å². The van der Waals surface area contributed by atoms with E-state index < -0.39 is 0 Å². The Morgan fingerprint density at radius 1 is 1.31 bits per heavy atom. The molecule has 0 radical (unpaired) electrons. The van der Waals surface area contributed by atoms with Gasteiger partial charge in [0.2, 0.25) is 0 Å². The normalized spacial score (nSPS) is 10.3. The highest BCUT2D eigenvalue weighted by atomic mass is 32.1. The fraction of sp³-hybridized carbons (Fsp3) is 0.250. The van der Waals surface area contributed by atoms with Gasteiger partial charge < -0.3 is 10.4 Å².